The summed E-state index contributed by atoms with van der Waals surface area (Å²) < 4.78 is 52.5. The second kappa shape index (κ2) is 5.56. The van der Waals surface area contributed by atoms with Gasteiger partial charge in [0.15, 0.2) is 5.75 Å². The Kier molecular flexibility index (Phi) is 4.56. The zero-order valence-electron chi connectivity index (χ0n) is 8.26. The number of ether oxygens (including phenoxy) is 1. The van der Waals surface area contributed by atoms with E-state index in [2.05, 4.69) is 9.73 Å². The summed E-state index contributed by atoms with van der Waals surface area (Å²) in [6.07, 6.45) is -7.58. The molecular formula is C9H3Cl2F4NO2. The van der Waals surface area contributed by atoms with Crippen LogP contribution < -0.4 is 4.74 Å². The first-order valence-electron chi connectivity index (χ1n) is 4.20. The fourth-order valence-corrected chi connectivity index (χ4v) is 1.51. The zero-order chi connectivity index (χ0) is 13.9. The van der Waals surface area contributed by atoms with E-state index in [1.165, 1.54) is 6.08 Å². The smallest absolute Gasteiger partial charge is 0.449 e. The maximum atomic E-state index is 12.7. The van der Waals surface area contributed by atoms with Gasteiger partial charge >= 0.3 is 12.5 Å². The van der Waals surface area contributed by atoms with E-state index in [1.807, 2.05) is 0 Å². The van der Waals surface area contributed by atoms with E-state index in [9.17, 15) is 22.4 Å². The number of hydrogen-bond acceptors (Lipinski definition) is 3. The monoisotopic (exact) mass is 303 g/mol. The summed E-state index contributed by atoms with van der Waals surface area (Å²) in [5, 5.41) is -0.827. The highest BCUT2D eigenvalue weighted by molar-refractivity contribution is 6.37. The summed E-state index contributed by atoms with van der Waals surface area (Å²) in [6, 6.07) is 1.97. The number of carbonyl (C=O) groups excluding carboxylic acids is 1. The van der Waals surface area contributed by atoms with Crippen LogP contribution in [0, 0.1) is 0 Å². The molecule has 1 aromatic rings. The number of isocyanates is 1. The maximum absolute atomic E-state index is 12.7. The van der Waals surface area contributed by atoms with Crippen LogP contribution in [0.5, 0.6) is 5.75 Å². The normalized spacial score (nSPS) is 12.8. The standard InChI is InChI=1S/C9H3Cl2F4NO2/c10-5-1-4(16-3-17)2-6(11)7(5)18-8(12)9(13,14)15/h1-2,8H. The Hall–Kier alpha value is -1.30. The average Bonchev–Trinajstić information content (AvgIpc) is 2.22. The lowest BCUT2D eigenvalue weighted by molar-refractivity contribution is -0.236. The number of rotatable bonds is 3. The van der Waals surface area contributed by atoms with E-state index >= 15 is 0 Å². The summed E-state index contributed by atoms with van der Waals surface area (Å²) in [6.45, 7) is 0. The van der Waals surface area contributed by atoms with E-state index in [4.69, 9.17) is 23.2 Å². The molecule has 0 radical (unpaired) electrons. The molecule has 1 rings (SSSR count). The average molecular weight is 304 g/mol. The summed E-state index contributed by atoms with van der Waals surface area (Å²) in [5.41, 5.74) is -0.0465. The third-order valence-corrected chi connectivity index (χ3v) is 2.20. The van der Waals surface area contributed by atoms with Gasteiger partial charge in [-0.3, -0.25) is 0 Å². The SMILES string of the molecule is O=C=Nc1cc(Cl)c(OC(F)C(F)(F)F)c(Cl)c1. The van der Waals surface area contributed by atoms with Crippen LogP contribution in [0.4, 0.5) is 23.2 Å². The molecule has 1 atom stereocenters. The first-order valence-corrected chi connectivity index (χ1v) is 4.95. The minimum atomic E-state index is -5.20. The predicted octanol–water partition coefficient (Wildman–Crippen LogP) is 4.20. The molecule has 0 aliphatic carbocycles. The Balaban J connectivity index is 3.08. The van der Waals surface area contributed by atoms with Crippen molar-refractivity contribution >= 4 is 35.0 Å². The second-order valence-electron chi connectivity index (χ2n) is 2.92. The number of aliphatic imine (C=N–C) groups is 1. The number of alkyl halides is 4. The number of hydrogen-bond donors (Lipinski definition) is 0. The Morgan fingerprint density at radius 3 is 2.17 bits per heavy atom. The lowest BCUT2D eigenvalue weighted by Crippen LogP contribution is -2.30. The summed E-state index contributed by atoms with van der Waals surface area (Å²) in [4.78, 5) is 13.1. The fraction of sp³-hybridized carbons (Fsp3) is 0.222. The summed E-state index contributed by atoms with van der Waals surface area (Å²) in [5.74, 6) is -0.687. The van der Waals surface area contributed by atoms with Gasteiger partial charge in [0.25, 0.3) is 0 Å². The molecule has 0 aliphatic rings. The molecular weight excluding hydrogens is 301 g/mol. The first-order chi connectivity index (χ1) is 8.25. The zero-order valence-corrected chi connectivity index (χ0v) is 9.78. The van der Waals surface area contributed by atoms with Gasteiger partial charge in [0.05, 0.1) is 15.7 Å². The Bertz CT molecular complexity index is 477. The molecule has 0 amide bonds. The molecule has 0 fully saturated rings. The van der Waals surface area contributed by atoms with Gasteiger partial charge in [-0.25, -0.2) is 4.79 Å². The first kappa shape index (κ1) is 14.8. The molecule has 0 spiro atoms. The summed E-state index contributed by atoms with van der Waals surface area (Å²) in [7, 11) is 0. The lowest BCUT2D eigenvalue weighted by Gasteiger charge is -2.16. The second-order valence-corrected chi connectivity index (χ2v) is 3.73. The van der Waals surface area contributed by atoms with Crippen LogP contribution in [-0.4, -0.2) is 18.6 Å². The fourth-order valence-electron chi connectivity index (χ4n) is 0.947. The maximum Gasteiger partial charge on any atom is 0.457 e. The molecule has 0 saturated heterocycles. The molecule has 18 heavy (non-hydrogen) atoms. The van der Waals surface area contributed by atoms with Gasteiger partial charge in [0.2, 0.25) is 6.08 Å². The van der Waals surface area contributed by atoms with Crippen LogP contribution in [0.25, 0.3) is 0 Å². The highest BCUT2D eigenvalue weighted by Crippen LogP contribution is 2.39. The van der Waals surface area contributed by atoms with Gasteiger partial charge in [0.1, 0.15) is 0 Å². The quantitative estimate of drug-likeness (QED) is 0.477. The Morgan fingerprint density at radius 2 is 1.78 bits per heavy atom. The van der Waals surface area contributed by atoms with Crippen molar-refractivity contribution in [2.75, 3.05) is 0 Å². The van der Waals surface area contributed by atoms with Crippen molar-refractivity contribution in [2.45, 2.75) is 12.5 Å². The molecule has 1 aromatic carbocycles. The molecule has 0 aliphatic heterocycles. The van der Waals surface area contributed by atoms with Crippen molar-refractivity contribution < 1.29 is 27.1 Å². The van der Waals surface area contributed by atoms with Crippen LogP contribution >= 0.6 is 23.2 Å². The molecule has 0 saturated carbocycles. The van der Waals surface area contributed by atoms with Crippen molar-refractivity contribution in [1.82, 2.24) is 0 Å². The largest absolute Gasteiger partial charge is 0.457 e. The lowest BCUT2D eigenvalue weighted by atomic mass is 10.3. The highest BCUT2D eigenvalue weighted by Gasteiger charge is 2.43. The summed E-state index contributed by atoms with van der Waals surface area (Å²) >= 11 is 11.1. The Labute approximate surface area is 108 Å². The van der Waals surface area contributed by atoms with E-state index in [1.54, 1.807) is 0 Å². The molecule has 0 N–H and O–H groups in total. The molecule has 0 aromatic heterocycles. The Morgan fingerprint density at radius 1 is 1.28 bits per heavy atom. The van der Waals surface area contributed by atoms with Gasteiger partial charge in [0, 0.05) is 0 Å². The van der Waals surface area contributed by atoms with Crippen LogP contribution in [-0.2, 0) is 4.79 Å². The van der Waals surface area contributed by atoms with Crippen molar-refractivity contribution in [2.24, 2.45) is 4.99 Å². The highest BCUT2D eigenvalue weighted by atomic mass is 35.5. The molecule has 1 unspecified atom stereocenters. The van der Waals surface area contributed by atoms with Gasteiger partial charge in [-0.05, 0) is 12.1 Å². The van der Waals surface area contributed by atoms with Gasteiger partial charge in [-0.15, -0.1) is 0 Å². The minimum absolute atomic E-state index is 0.0465. The molecule has 0 bridgehead atoms. The molecule has 3 nitrogen and oxygen atoms in total. The van der Waals surface area contributed by atoms with E-state index in [-0.39, 0.29) is 5.69 Å². The van der Waals surface area contributed by atoms with Crippen LogP contribution in [0.1, 0.15) is 0 Å². The van der Waals surface area contributed by atoms with E-state index in [0.717, 1.165) is 12.1 Å². The van der Waals surface area contributed by atoms with Gasteiger partial charge in [-0.1, -0.05) is 23.2 Å². The van der Waals surface area contributed by atoms with Crippen LogP contribution in [0.3, 0.4) is 0 Å². The predicted molar refractivity (Wildman–Crippen MR) is 55.8 cm³/mol. The van der Waals surface area contributed by atoms with Crippen molar-refractivity contribution in [3.8, 4) is 5.75 Å². The number of nitrogens with zero attached hydrogens (tertiary/aromatic N) is 1. The molecule has 98 valence electrons. The van der Waals surface area contributed by atoms with Crippen molar-refractivity contribution in [1.29, 1.82) is 0 Å². The van der Waals surface area contributed by atoms with E-state index in [0.29, 0.717) is 0 Å². The number of benzene rings is 1. The molecule has 0 heterocycles. The third-order valence-electron chi connectivity index (χ3n) is 1.64. The molecule has 9 heteroatoms. The van der Waals surface area contributed by atoms with Gasteiger partial charge < -0.3 is 4.74 Å². The topological polar surface area (TPSA) is 38.7 Å². The van der Waals surface area contributed by atoms with Crippen LogP contribution in [0.15, 0.2) is 17.1 Å². The van der Waals surface area contributed by atoms with E-state index < -0.39 is 28.3 Å². The minimum Gasteiger partial charge on any atom is -0.449 e. The van der Waals surface area contributed by atoms with Crippen molar-refractivity contribution in [3.05, 3.63) is 22.2 Å². The third kappa shape index (κ3) is 3.60. The van der Waals surface area contributed by atoms with Gasteiger partial charge in [-0.2, -0.15) is 22.6 Å². The number of halogens is 6. The van der Waals surface area contributed by atoms with Crippen molar-refractivity contribution in [3.63, 3.8) is 0 Å². The van der Waals surface area contributed by atoms with Crippen LogP contribution in [0.2, 0.25) is 10.0 Å².